The van der Waals surface area contributed by atoms with Gasteiger partial charge in [-0.2, -0.15) is 0 Å². The van der Waals surface area contributed by atoms with E-state index in [9.17, 15) is 9.90 Å². The average Bonchev–Trinajstić information content (AvgIpc) is 2.58. The normalized spacial score (nSPS) is 11.8. The fourth-order valence-electron chi connectivity index (χ4n) is 2.25. The molecule has 0 atom stereocenters. The van der Waals surface area contributed by atoms with Crippen molar-refractivity contribution in [1.82, 2.24) is 0 Å². The summed E-state index contributed by atoms with van der Waals surface area (Å²) in [6.45, 7) is 4.97. The van der Waals surface area contributed by atoms with Gasteiger partial charge < -0.3 is 19.7 Å². The minimum absolute atomic E-state index is 0.0537. The third-order valence-electron chi connectivity index (χ3n) is 3.77. The molecule has 0 aliphatic heterocycles. The van der Waals surface area contributed by atoms with Crippen LogP contribution in [0.15, 0.2) is 23.8 Å². The van der Waals surface area contributed by atoms with Gasteiger partial charge in [-0.25, -0.2) is 0 Å². The van der Waals surface area contributed by atoms with Gasteiger partial charge in [-0.1, -0.05) is 37.6 Å². The number of ether oxygens (including phenoxy) is 2. The van der Waals surface area contributed by atoms with Crippen LogP contribution in [0.25, 0.3) is 6.08 Å². The summed E-state index contributed by atoms with van der Waals surface area (Å²) in [4.78, 5) is 11.6. The minimum atomic E-state index is -0.255. The lowest BCUT2D eigenvalue weighted by atomic mass is 9.96. The van der Waals surface area contributed by atoms with Crippen molar-refractivity contribution in [3.8, 4) is 0 Å². The maximum absolute atomic E-state index is 11.6. The highest BCUT2D eigenvalue weighted by Crippen LogP contribution is 2.21. The van der Waals surface area contributed by atoms with Crippen molar-refractivity contribution in [2.45, 2.75) is 39.9 Å². The van der Waals surface area contributed by atoms with Crippen molar-refractivity contribution < 1.29 is 24.5 Å². The van der Waals surface area contributed by atoms with Crippen molar-refractivity contribution in [3.63, 3.8) is 0 Å². The zero-order valence-electron chi connectivity index (χ0n) is 14.7. The van der Waals surface area contributed by atoms with Gasteiger partial charge in [0.25, 0.3) is 0 Å². The molecular weight excluding hydrogens is 308 g/mol. The van der Waals surface area contributed by atoms with Gasteiger partial charge in [0, 0.05) is 13.2 Å². The minimum Gasteiger partial charge on any atom is -0.469 e. The Morgan fingerprint density at radius 3 is 2.58 bits per heavy atom. The Kier molecular flexibility index (Phi) is 9.30. The molecule has 0 heterocycles. The zero-order chi connectivity index (χ0) is 17.9. The van der Waals surface area contributed by atoms with Crippen molar-refractivity contribution in [2.75, 3.05) is 20.3 Å². The molecule has 0 spiro atoms. The lowest BCUT2D eigenvalue weighted by Crippen LogP contribution is -2.06. The van der Waals surface area contributed by atoms with E-state index in [1.54, 1.807) is 0 Å². The second-order valence-electron chi connectivity index (χ2n) is 5.94. The van der Waals surface area contributed by atoms with E-state index in [1.807, 2.05) is 38.1 Å². The summed E-state index contributed by atoms with van der Waals surface area (Å²) in [7, 11) is 1.39. The lowest BCUT2D eigenvalue weighted by Gasteiger charge is -2.13. The van der Waals surface area contributed by atoms with Crippen molar-refractivity contribution in [3.05, 3.63) is 40.5 Å². The molecule has 1 rings (SSSR count). The summed E-state index contributed by atoms with van der Waals surface area (Å²) in [6, 6.07) is 5.75. The third-order valence-corrected chi connectivity index (χ3v) is 3.77. The number of benzene rings is 1. The first-order chi connectivity index (χ1) is 11.5. The summed E-state index contributed by atoms with van der Waals surface area (Å²) in [6.07, 6.45) is 2.84. The number of hydrogen-bond donors (Lipinski definition) is 2. The predicted molar refractivity (Wildman–Crippen MR) is 93.2 cm³/mol. The monoisotopic (exact) mass is 336 g/mol. The van der Waals surface area contributed by atoms with Gasteiger partial charge in [0.15, 0.2) is 0 Å². The maximum atomic E-state index is 11.6. The summed E-state index contributed by atoms with van der Waals surface area (Å²) in [5.41, 5.74) is 3.67. The van der Waals surface area contributed by atoms with E-state index in [-0.39, 0.29) is 31.5 Å². The molecule has 0 radical (unpaired) electrons. The molecule has 134 valence electrons. The zero-order valence-corrected chi connectivity index (χ0v) is 14.7. The second-order valence-corrected chi connectivity index (χ2v) is 5.94. The number of aliphatic hydroxyl groups excluding tert-OH is 2. The van der Waals surface area contributed by atoms with E-state index in [2.05, 4.69) is 0 Å². The SMILES string of the molecule is COC(=O)CC(=Cc1ccc(CO)c(COCCCO)c1)C(C)C. The number of carbonyl (C=O) groups excluding carboxylic acids is 1. The molecule has 0 unspecified atom stereocenters. The molecule has 0 fully saturated rings. The smallest absolute Gasteiger partial charge is 0.309 e. The van der Waals surface area contributed by atoms with Gasteiger partial charge in [-0.3, -0.25) is 4.79 Å². The van der Waals surface area contributed by atoms with E-state index in [1.165, 1.54) is 7.11 Å². The second kappa shape index (κ2) is 11.0. The molecule has 0 aromatic heterocycles. The molecule has 2 N–H and O–H groups in total. The van der Waals surface area contributed by atoms with Crippen molar-refractivity contribution in [1.29, 1.82) is 0 Å². The van der Waals surface area contributed by atoms with Crippen molar-refractivity contribution >= 4 is 12.0 Å². The molecule has 5 heteroatoms. The number of aliphatic hydroxyl groups is 2. The first kappa shape index (κ1) is 20.4. The van der Waals surface area contributed by atoms with E-state index in [0.29, 0.717) is 19.6 Å². The number of rotatable bonds is 10. The predicted octanol–water partition coefficient (Wildman–Crippen LogP) is 2.68. The van der Waals surface area contributed by atoms with E-state index in [0.717, 1.165) is 22.3 Å². The first-order valence-corrected chi connectivity index (χ1v) is 8.20. The van der Waals surface area contributed by atoms with Crippen molar-refractivity contribution in [2.24, 2.45) is 5.92 Å². The number of hydrogen-bond acceptors (Lipinski definition) is 5. The van der Waals surface area contributed by atoms with E-state index >= 15 is 0 Å². The van der Waals surface area contributed by atoms with E-state index < -0.39 is 0 Å². The Bertz CT molecular complexity index is 549. The summed E-state index contributed by atoms with van der Waals surface area (Å²) in [5.74, 6) is -0.0274. The van der Waals surface area contributed by atoms with Crippen LogP contribution in [0.4, 0.5) is 0 Å². The number of esters is 1. The van der Waals surface area contributed by atoms with Crippen LogP contribution in [0.2, 0.25) is 0 Å². The quantitative estimate of drug-likeness (QED) is 0.507. The number of methoxy groups -OCH3 is 1. The molecule has 5 nitrogen and oxygen atoms in total. The molecule has 0 saturated heterocycles. The van der Waals surface area contributed by atoms with Gasteiger partial charge >= 0.3 is 5.97 Å². The molecule has 0 amide bonds. The Labute approximate surface area is 143 Å². The lowest BCUT2D eigenvalue weighted by molar-refractivity contribution is -0.139. The Morgan fingerprint density at radius 2 is 2.00 bits per heavy atom. The molecule has 0 saturated carbocycles. The highest BCUT2D eigenvalue weighted by molar-refractivity contribution is 5.74. The van der Waals surface area contributed by atoms with Crippen LogP contribution < -0.4 is 0 Å². The topological polar surface area (TPSA) is 76.0 Å². The molecule has 0 aliphatic rings. The van der Waals surface area contributed by atoms with Crippen LogP contribution in [0.3, 0.4) is 0 Å². The number of carbonyl (C=O) groups is 1. The molecule has 1 aromatic carbocycles. The first-order valence-electron chi connectivity index (χ1n) is 8.20. The molecule has 24 heavy (non-hydrogen) atoms. The Hall–Kier alpha value is -1.69. The highest BCUT2D eigenvalue weighted by Gasteiger charge is 2.11. The fourth-order valence-corrected chi connectivity index (χ4v) is 2.25. The molecule has 0 bridgehead atoms. The van der Waals surface area contributed by atoms with Gasteiger partial charge in [-0.05, 0) is 35.1 Å². The van der Waals surface area contributed by atoms with Gasteiger partial charge in [0.05, 0.1) is 26.7 Å². The van der Waals surface area contributed by atoms with Gasteiger partial charge in [0.1, 0.15) is 0 Å². The van der Waals surface area contributed by atoms with Crippen LogP contribution in [-0.2, 0) is 27.5 Å². The summed E-state index contributed by atoms with van der Waals surface area (Å²) >= 11 is 0. The summed E-state index contributed by atoms with van der Waals surface area (Å²) < 4.78 is 10.3. The van der Waals surface area contributed by atoms with Gasteiger partial charge in [0.2, 0.25) is 0 Å². The molecular formula is C19H28O5. The van der Waals surface area contributed by atoms with Crippen LogP contribution in [0.5, 0.6) is 0 Å². The Balaban J connectivity index is 2.96. The van der Waals surface area contributed by atoms with Crippen LogP contribution in [0.1, 0.15) is 43.4 Å². The Morgan fingerprint density at radius 1 is 1.25 bits per heavy atom. The van der Waals surface area contributed by atoms with Crippen LogP contribution in [-0.4, -0.2) is 36.5 Å². The van der Waals surface area contributed by atoms with Crippen LogP contribution >= 0.6 is 0 Å². The van der Waals surface area contributed by atoms with Crippen LogP contribution in [0, 0.1) is 5.92 Å². The standard InChI is InChI=1S/C19H28O5/c1-14(2)17(11-19(22)23-3)9-15-5-6-16(12-21)18(10-15)13-24-8-4-7-20/h5-6,9-10,14,20-21H,4,7-8,11-13H2,1-3H3. The fraction of sp³-hybridized carbons (Fsp3) is 0.526. The third kappa shape index (κ3) is 6.83. The maximum Gasteiger partial charge on any atom is 0.309 e. The van der Waals surface area contributed by atoms with E-state index in [4.69, 9.17) is 14.6 Å². The highest BCUT2D eigenvalue weighted by atomic mass is 16.5. The van der Waals surface area contributed by atoms with Gasteiger partial charge in [-0.15, -0.1) is 0 Å². The average molecular weight is 336 g/mol. The molecule has 0 aliphatic carbocycles. The largest absolute Gasteiger partial charge is 0.469 e. The molecule has 1 aromatic rings. The summed E-state index contributed by atoms with van der Waals surface area (Å²) in [5, 5.41) is 18.2.